The molecule has 0 radical (unpaired) electrons. The second-order valence-electron chi connectivity index (χ2n) is 4.71. The number of hydrogen-bond donors (Lipinski definition) is 1. The number of aryl methyl sites for hydroxylation is 1. The Kier molecular flexibility index (Phi) is 4.54. The molecule has 1 rings (SSSR count). The molecule has 4 heteroatoms. The summed E-state index contributed by atoms with van der Waals surface area (Å²) in [5.74, 6) is 2.22. The van der Waals surface area contributed by atoms with Gasteiger partial charge in [-0.2, -0.15) is 0 Å². The van der Waals surface area contributed by atoms with Crippen molar-refractivity contribution in [1.82, 2.24) is 9.97 Å². The summed E-state index contributed by atoms with van der Waals surface area (Å²) < 4.78 is 0. The lowest BCUT2D eigenvalue weighted by Gasteiger charge is -2.18. The van der Waals surface area contributed by atoms with Gasteiger partial charge < -0.3 is 5.32 Å². The molecular weight excluding hydrogens is 222 g/mol. The SMILES string of the molecule is Cc1nc(Cl)c(C)c(NC(C)CC(C)C)n1. The molecular formula is C12H20ClN3. The molecule has 1 heterocycles. The van der Waals surface area contributed by atoms with E-state index in [1.54, 1.807) is 0 Å². The van der Waals surface area contributed by atoms with Gasteiger partial charge in [0.05, 0.1) is 0 Å². The summed E-state index contributed by atoms with van der Waals surface area (Å²) in [6.45, 7) is 10.4. The van der Waals surface area contributed by atoms with Crippen molar-refractivity contribution in [2.24, 2.45) is 5.92 Å². The van der Waals surface area contributed by atoms with Gasteiger partial charge in [-0.25, -0.2) is 9.97 Å². The Bertz CT molecular complexity index is 364. The van der Waals surface area contributed by atoms with Gasteiger partial charge in [0.15, 0.2) is 0 Å². The molecule has 3 nitrogen and oxygen atoms in total. The van der Waals surface area contributed by atoms with Gasteiger partial charge in [-0.15, -0.1) is 0 Å². The van der Waals surface area contributed by atoms with E-state index in [1.165, 1.54) is 0 Å². The van der Waals surface area contributed by atoms with E-state index in [4.69, 9.17) is 11.6 Å². The Morgan fingerprint density at radius 1 is 1.19 bits per heavy atom. The Morgan fingerprint density at radius 3 is 2.38 bits per heavy atom. The summed E-state index contributed by atoms with van der Waals surface area (Å²) in [6, 6.07) is 0.393. The number of aromatic nitrogens is 2. The van der Waals surface area contributed by atoms with Gasteiger partial charge in [0, 0.05) is 11.6 Å². The maximum Gasteiger partial charge on any atom is 0.137 e. The maximum absolute atomic E-state index is 6.02. The van der Waals surface area contributed by atoms with Crippen molar-refractivity contribution in [1.29, 1.82) is 0 Å². The largest absolute Gasteiger partial charge is 0.367 e. The monoisotopic (exact) mass is 241 g/mol. The predicted molar refractivity (Wildman–Crippen MR) is 69.1 cm³/mol. The topological polar surface area (TPSA) is 37.8 Å². The second-order valence-corrected chi connectivity index (χ2v) is 5.07. The fourth-order valence-electron chi connectivity index (χ4n) is 1.73. The van der Waals surface area contributed by atoms with E-state index in [2.05, 4.69) is 36.1 Å². The van der Waals surface area contributed by atoms with Crippen molar-refractivity contribution in [2.45, 2.75) is 47.1 Å². The zero-order valence-corrected chi connectivity index (χ0v) is 11.4. The van der Waals surface area contributed by atoms with Crippen LogP contribution in [0.15, 0.2) is 0 Å². The van der Waals surface area contributed by atoms with E-state index >= 15 is 0 Å². The number of rotatable bonds is 4. The first-order chi connectivity index (χ1) is 7.40. The Hall–Kier alpha value is -0.830. The highest BCUT2D eigenvalue weighted by molar-refractivity contribution is 6.30. The fourth-order valence-corrected chi connectivity index (χ4v) is 1.95. The van der Waals surface area contributed by atoms with Crippen molar-refractivity contribution in [3.05, 3.63) is 16.5 Å². The first-order valence-electron chi connectivity index (χ1n) is 5.67. The molecule has 0 aromatic carbocycles. The summed E-state index contributed by atoms with van der Waals surface area (Å²) >= 11 is 6.02. The standard InChI is InChI=1S/C12H20ClN3/c1-7(2)6-8(3)14-12-9(4)11(13)15-10(5)16-12/h7-8H,6H2,1-5H3,(H,14,15,16). The summed E-state index contributed by atoms with van der Waals surface area (Å²) in [5.41, 5.74) is 0.919. The molecule has 0 bridgehead atoms. The Labute approximate surface area is 103 Å². The average Bonchev–Trinajstić information content (AvgIpc) is 2.11. The van der Waals surface area contributed by atoms with E-state index in [9.17, 15) is 0 Å². The summed E-state index contributed by atoms with van der Waals surface area (Å²) in [7, 11) is 0. The van der Waals surface area contributed by atoms with E-state index < -0.39 is 0 Å². The molecule has 1 N–H and O–H groups in total. The van der Waals surface area contributed by atoms with Crippen LogP contribution in [0.3, 0.4) is 0 Å². The third kappa shape index (κ3) is 3.63. The fraction of sp³-hybridized carbons (Fsp3) is 0.667. The predicted octanol–water partition coefficient (Wildman–Crippen LogP) is 3.59. The van der Waals surface area contributed by atoms with E-state index in [1.807, 2.05) is 13.8 Å². The van der Waals surface area contributed by atoms with Crippen LogP contribution in [0, 0.1) is 19.8 Å². The van der Waals surface area contributed by atoms with Crippen molar-refractivity contribution < 1.29 is 0 Å². The van der Waals surface area contributed by atoms with Crippen molar-refractivity contribution in [2.75, 3.05) is 5.32 Å². The molecule has 0 spiro atoms. The first-order valence-corrected chi connectivity index (χ1v) is 6.05. The van der Waals surface area contributed by atoms with Crippen LogP contribution < -0.4 is 5.32 Å². The highest BCUT2D eigenvalue weighted by atomic mass is 35.5. The van der Waals surface area contributed by atoms with Crippen LogP contribution >= 0.6 is 11.6 Å². The highest BCUT2D eigenvalue weighted by Gasteiger charge is 2.11. The van der Waals surface area contributed by atoms with Crippen LogP contribution in [0.5, 0.6) is 0 Å². The van der Waals surface area contributed by atoms with E-state index in [0.717, 1.165) is 17.8 Å². The Balaban J connectivity index is 2.80. The first kappa shape index (κ1) is 13.2. The van der Waals surface area contributed by atoms with Gasteiger partial charge in [-0.05, 0) is 33.1 Å². The molecule has 0 saturated heterocycles. The van der Waals surface area contributed by atoms with Crippen molar-refractivity contribution >= 4 is 17.4 Å². The lowest BCUT2D eigenvalue weighted by molar-refractivity contribution is 0.538. The lowest BCUT2D eigenvalue weighted by Crippen LogP contribution is -2.19. The van der Waals surface area contributed by atoms with Crippen LogP contribution in [0.2, 0.25) is 5.15 Å². The molecule has 16 heavy (non-hydrogen) atoms. The minimum atomic E-state index is 0.393. The quantitative estimate of drug-likeness (QED) is 0.819. The summed E-state index contributed by atoms with van der Waals surface area (Å²) in [5, 5.41) is 3.92. The third-order valence-electron chi connectivity index (χ3n) is 2.41. The molecule has 0 aliphatic carbocycles. The lowest BCUT2D eigenvalue weighted by atomic mass is 10.1. The Morgan fingerprint density at radius 2 is 1.81 bits per heavy atom. The molecule has 0 fully saturated rings. The number of anilines is 1. The molecule has 90 valence electrons. The average molecular weight is 242 g/mol. The zero-order valence-electron chi connectivity index (χ0n) is 10.6. The maximum atomic E-state index is 6.02. The molecule has 1 aromatic rings. The van der Waals surface area contributed by atoms with Gasteiger partial charge in [0.2, 0.25) is 0 Å². The molecule has 0 aliphatic rings. The number of hydrogen-bond acceptors (Lipinski definition) is 3. The van der Waals surface area contributed by atoms with Crippen LogP contribution in [0.25, 0.3) is 0 Å². The molecule has 0 saturated carbocycles. The highest BCUT2D eigenvalue weighted by Crippen LogP contribution is 2.21. The molecule has 0 aliphatic heterocycles. The minimum absolute atomic E-state index is 0.393. The third-order valence-corrected chi connectivity index (χ3v) is 2.77. The molecule has 0 amide bonds. The molecule has 1 unspecified atom stereocenters. The number of halogens is 1. The van der Waals surface area contributed by atoms with Gasteiger partial charge in [-0.1, -0.05) is 25.4 Å². The normalized spacial score (nSPS) is 12.9. The van der Waals surface area contributed by atoms with Gasteiger partial charge in [-0.3, -0.25) is 0 Å². The second kappa shape index (κ2) is 5.48. The van der Waals surface area contributed by atoms with Crippen LogP contribution in [0.4, 0.5) is 5.82 Å². The van der Waals surface area contributed by atoms with E-state index in [-0.39, 0.29) is 0 Å². The van der Waals surface area contributed by atoms with Crippen LogP contribution in [-0.2, 0) is 0 Å². The van der Waals surface area contributed by atoms with Crippen molar-refractivity contribution in [3.8, 4) is 0 Å². The van der Waals surface area contributed by atoms with Crippen molar-refractivity contribution in [3.63, 3.8) is 0 Å². The molecule has 1 atom stereocenters. The van der Waals surface area contributed by atoms with Gasteiger partial charge in [0.25, 0.3) is 0 Å². The number of nitrogens with zero attached hydrogens (tertiary/aromatic N) is 2. The number of nitrogens with one attached hydrogen (secondary N) is 1. The van der Waals surface area contributed by atoms with E-state index in [0.29, 0.717) is 22.9 Å². The zero-order chi connectivity index (χ0) is 12.3. The minimum Gasteiger partial charge on any atom is -0.367 e. The van der Waals surface area contributed by atoms with Gasteiger partial charge in [0.1, 0.15) is 16.8 Å². The van der Waals surface area contributed by atoms with Gasteiger partial charge >= 0.3 is 0 Å². The van der Waals surface area contributed by atoms with Crippen LogP contribution in [-0.4, -0.2) is 16.0 Å². The summed E-state index contributed by atoms with van der Waals surface area (Å²) in [6.07, 6.45) is 1.11. The smallest absolute Gasteiger partial charge is 0.137 e. The van der Waals surface area contributed by atoms with Crippen LogP contribution in [0.1, 0.15) is 38.6 Å². The summed E-state index contributed by atoms with van der Waals surface area (Å²) in [4.78, 5) is 8.49. The molecule has 1 aromatic heterocycles.